The van der Waals surface area contributed by atoms with Crippen LogP contribution in [0.3, 0.4) is 0 Å². The van der Waals surface area contributed by atoms with Gasteiger partial charge in [0.1, 0.15) is 5.58 Å². The molecule has 3 heterocycles. The quantitative estimate of drug-likeness (QED) is 0.161. The minimum atomic E-state index is -4.85. The van der Waals surface area contributed by atoms with E-state index in [4.69, 9.17) is 23.4 Å². The Kier molecular flexibility index (Phi) is 10.7. The number of carbonyl (C=O) groups excluding carboxylic acids is 1. The summed E-state index contributed by atoms with van der Waals surface area (Å²) in [6.07, 6.45) is 1.72. The highest BCUT2D eigenvalue weighted by molar-refractivity contribution is 7.85. The molecule has 0 unspecified atom stereocenters. The number of tetrazole rings is 1. The molecule has 2 aromatic heterocycles. The van der Waals surface area contributed by atoms with Gasteiger partial charge in [-0.1, -0.05) is 24.3 Å². The summed E-state index contributed by atoms with van der Waals surface area (Å²) >= 11 is 0. The summed E-state index contributed by atoms with van der Waals surface area (Å²) in [5, 5.41) is 13.2. The summed E-state index contributed by atoms with van der Waals surface area (Å²) < 4.78 is 62.4. The smallest absolute Gasteiger partial charge is 0.295 e. The zero-order valence-corrected chi connectivity index (χ0v) is 31.8. The zero-order valence-electron chi connectivity index (χ0n) is 31.0. The number of aromatic nitrogens is 4. The lowest BCUT2D eigenvalue weighted by atomic mass is 9.98. The van der Waals surface area contributed by atoms with Gasteiger partial charge in [-0.25, -0.2) is 0 Å². The Hall–Kier alpha value is -6.30. The third kappa shape index (κ3) is 7.91. The van der Waals surface area contributed by atoms with Gasteiger partial charge in [0.05, 0.1) is 50.8 Å². The lowest BCUT2D eigenvalue weighted by molar-refractivity contribution is 0.0964. The van der Waals surface area contributed by atoms with Crippen LogP contribution in [0.2, 0.25) is 0 Å². The first-order valence-corrected chi connectivity index (χ1v) is 19.0. The number of amides is 1. The van der Waals surface area contributed by atoms with Gasteiger partial charge in [-0.05, 0) is 77.2 Å². The topological polar surface area (TPSA) is 189 Å². The van der Waals surface area contributed by atoms with Crippen molar-refractivity contribution < 1.29 is 41.1 Å². The van der Waals surface area contributed by atoms with Gasteiger partial charge in [0.2, 0.25) is 5.82 Å². The lowest BCUT2D eigenvalue weighted by Crippen LogP contribution is -2.36. The molecule has 7 rings (SSSR count). The number of hydrogen-bond acceptors (Lipinski definition) is 13. The first kappa shape index (κ1) is 38.0. The molecule has 1 aliphatic rings. The Balaban J connectivity index is 1.15. The standard InChI is InChI=1S/C39H38N6O10S/c1-51-33-17-25-14-16-43(22-26(25)18-34(33)52-2)15-13-24-9-11-27(12-10-24)45-41-38(40-42-45)29-19-35(53-3)36(54-4)20-30(29)44(23-56(48,49)50)39(47)37-21-31(46)28-7-5-6-8-32(28)55-37/h5-12,17-21H,13-16,22-23H2,1-4H3,(H,48,49,50). The highest BCUT2D eigenvalue weighted by Gasteiger charge is 2.31. The van der Waals surface area contributed by atoms with Crippen LogP contribution in [0.15, 0.2) is 88.1 Å². The maximum absolute atomic E-state index is 14.0. The number of benzene rings is 4. The van der Waals surface area contributed by atoms with Crippen LogP contribution in [0.25, 0.3) is 28.0 Å². The molecule has 1 amide bonds. The molecule has 0 radical (unpaired) electrons. The molecule has 16 nitrogen and oxygen atoms in total. The van der Waals surface area contributed by atoms with Crippen LogP contribution in [0.5, 0.6) is 23.0 Å². The normalized spacial score (nSPS) is 12.9. The molecule has 4 aromatic carbocycles. The first-order valence-electron chi connectivity index (χ1n) is 17.4. The van der Waals surface area contributed by atoms with Crippen molar-refractivity contribution in [2.45, 2.75) is 19.4 Å². The number of rotatable bonds is 13. The van der Waals surface area contributed by atoms with Crippen LogP contribution in [0.1, 0.15) is 27.2 Å². The van der Waals surface area contributed by atoms with Crippen molar-refractivity contribution in [1.82, 2.24) is 25.1 Å². The maximum atomic E-state index is 14.0. The van der Waals surface area contributed by atoms with Crippen LogP contribution in [0.4, 0.5) is 5.69 Å². The van der Waals surface area contributed by atoms with E-state index in [1.54, 1.807) is 26.4 Å². The molecule has 1 aliphatic heterocycles. The predicted molar refractivity (Wildman–Crippen MR) is 206 cm³/mol. The number of anilines is 1. The van der Waals surface area contributed by atoms with Crippen molar-refractivity contribution in [3.05, 3.63) is 112 Å². The molecule has 290 valence electrons. The van der Waals surface area contributed by atoms with E-state index in [-0.39, 0.29) is 39.5 Å². The Morgan fingerprint density at radius 1 is 0.875 bits per heavy atom. The van der Waals surface area contributed by atoms with Gasteiger partial charge in [0.15, 0.2) is 40.1 Å². The average Bonchev–Trinajstić information content (AvgIpc) is 3.71. The van der Waals surface area contributed by atoms with E-state index in [0.29, 0.717) is 5.69 Å². The molecule has 17 heteroatoms. The molecule has 0 saturated carbocycles. The number of carbonyl (C=O) groups is 1. The lowest BCUT2D eigenvalue weighted by Gasteiger charge is -2.29. The van der Waals surface area contributed by atoms with Crippen LogP contribution in [0, 0.1) is 0 Å². The summed E-state index contributed by atoms with van der Waals surface area (Å²) in [5.41, 5.74) is 3.77. The van der Waals surface area contributed by atoms with E-state index in [1.165, 1.54) is 54.4 Å². The van der Waals surface area contributed by atoms with Gasteiger partial charge in [-0.3, -0.25) is 23.9 Å². The summed E-state index contributed by atoms with van der Waals surface area (Å²) in [5.74, 6) is -0.964. The molecule has 0 atom stereocenters. The summed E-state index contributed by atoms with van der Waals surface area (Å²) in [6.45, 7) is 2.58. The fourth-order valence-corrected chi connectivity index (χ4v) is 7.24. The first-order chi connectivity index (χ1) is 27.0. The van der Waals surface area contributed by atoms with Gasteiger partial charge in [-0.2, -0.15) is 8.42 Å². The van der Waals surface area contributed by atoms with E-state index in [0.717, 1.165) is 60.5 Å². The Labute approximate surface area is 321 Å². The highest BCUT2D eigenvalue weighted by Crippen LogP contribution is 2.40. The SMILES string of the molecule is COc1cc2c(cc1OC)CN(CCc1ccc(-n3nnc(-c4cc(OC)c(OC)cc4N(CS(=O)(=O)O)C(=O)c4cc(=O)c5ccccc5o4)n3)cc1)CC2. The van der Waals surface area contributed by atoms with Crippen LogP contribution < -0.4 is 29.3 Å². The molecule has 0 bridgehead atoms. The molecule has 56 heavy (non-hydrogen) atoms. The number of methoxy groups -OCH3 is 4. The van der Waals surface area contributed by atoms with Crippen LogP contribution >= 0.6 is 0 Å². The van der Waals surface area contributed by atoms with Gasteiger partial charge in [0, 0.05) is 31.8 Å². The molecule has 0 aliphatic carbocycles. The van der Waals surface area contributed by atoms with Crippen molar-refractivity contribution in [1.29, 1.82) is 0 Å². The van der Waals surface area contributed by atoms with Crippen molar-refractivity contribution >= 4 is 32.7 Å². The van der Waals surface area contributed by atoms with Crippen LogP contribution in [-0.2, 0) is 29.5 Å². The fourth-order valence-electron chi connectivity index (χ4n) is 6.66. The number of para-hydroxylation sites is 1. The zero-order chi connectivity index (χ0) is 39.6. The summed E-state index contributed by atoms with van der Waals surface area (Å²) in [6, 6.07) is 21.8. The monoisotopic (exact) mass is 782 g/mol. The minimum Gasteiger partial charge on any atom is -0.493 e. The van der Waals surface area contributed by atoms with Gasteiger partial charge < -0.3 is 23.4 Å². The summed E-state index contributed by atoms with van der Waals surface area (Å²) in [7, 11) is 1.19. The molecule has 0 fully saturated rings. The maximum Gasteiger partial charge on any atom is 0.295 e. The van der Waals surface area contributed by atoms with Crippen molar-refractivity contribution in [2.24, 2.45) is 0 Å². The number of ether oxygens (including phenoxy) is 4. The van der Waals surface area contributed by atoms with E-state index in [2.05, 4.69) is 26.4 Å². The van der Waals surface area contributed by atoms with E-state index in [9.17, 15) is 22.6 Å². The number of fused-ring (bicyclic) bond motifs is 2. The van der Waals surface area contributed by atoms with Crippen molar-refractivity contribution in [3.8, 4) is 40.1 Å². The Morgan fingerprint density at radius 3 is 2.23 bits per heavy atom. The van der Waals surface area contributed by atoms with Crippen molar-refractivity contribution in [2.75, 3.05) is 52.3 Å². The minimum absolute atomic E-state index is 0.0160. The molecular weight excluding hydrogens is 745 g/mol. The molecular formula is C39H38N6O10S. The van der Waals surface area contributed by atoms with E-state index in [1.807, 2.05) is 30.3 Å². The summed E-state index contributed by atoms with van der Waals surface area (Å²) in [4.78, 5) is 31.4. The van der Waals surface area contributed by atoms with Gasteiger partial charge in [-0.15, -0.1) is 15.0 Å². The van der Waals surface area contributed by atoms with Gasteiger partial charge >= 0.3 is 0 Å². The predicted octanol–water partition coefficient (Wildman–Crippen LogP) is 4.56. The van der Waals surface area contributed by atoms with Crippen molar-refractivity contribution in [3.63, 3.8) is 0 Å². The largest absolute Gasteiger partial charge is 0.493 e. The van der Waals surface area contributed by atoms with Crippen LogP contribution in [-0.4, -0.2) is 91.4 Å². The fraction of sp³-hybridized carbons (Fsp3) is 0.256. The number of hydrogen-bond donors (Lipinski definition) is 1. The second-order valence-corrected chi connectivity index (χ2v) is 14.4. The average molecular weight is 783 g/mol. The molecule has 6 aromatic rings. The van der Waals surface area contributed by atoms with E-state index < -0.39 is 33.1 Å². The molecule has 0 spiro atoms. The Morgan fingerprint density at radius 2 is 1.54 bits per heavy atom. The van der Waals surface area contributed by atoms with E-state index >= 15 is 0 Å². The second-order valence-electron chi connectivity index (χ2n) is 13.0. The molecule has 0 saturated heterocycles. The third-order valence-electron chi connectivity index (χ3n) is 9.51. The highest BCUT2D eigenvalue weighted by atomic mass is 32.2. The second kappa shape index (κ2) is 15.8. The Bertz CT molecular complexity index is 2590. The van der Waals surface area contributed by atoms with Gasteiger partial charge in [0.25, 0.3) is 16.0 Å². The third-order valence-corrected chi connectivity index (χ3v) is 10.1. The number of nitrogens with zero attached hydrogens (tertiary/aromatic N) is 6. The molecule has 1 N–H and O–H groups in total.